The molecule has 2 aliphatic heterocycles. The van der Waals surface area contributed by atoms with Gasteiger partial charge in [-0.2, -0.15) is 0 Å². The Morgan fingerprint density at radius 1 is 0.964 bits per heavy atom. The minimum Gasteiger partial charge on any atom is -0.385 e. The molecule has 150 valence electrons. The lowest BCUT2D eigenvalue weighted by Gasteiger charge is -2.39. The van der Waals surface area contributed by atoms with Gasteiger partial charge in [0.2, 0.25) is 0 Å². The standard InChI is InChI=1S/C22H26O5S/c1-22(2)26-19-17(14-28-16-11-7-4-8-12-16)25-21(18(23)20(19)27-22)24-13-15-9-5-3-6-10-15/h3-12,17-21,23H,13-14H2,1-2H3/t17-,18-,19+,20-,21+/m1/s1. The quantitative estimate of drug-likeness (QED) is 0.745. The number of benzene rings is 2. The molecule has 6 heteroatoms. The van der Waals surface area contributed by atoms with Crippen LogP contribution in [0.5, 0.6) is 0 Å². The Labute approximate surface area is 169 Å². The monoisotopic (exact) mass is 402 g/mol. The van der Waals surface area contributed by atoms with Gasteiger partial charge in [0.15, 0.2) is 12.1 Å². The van der Waals surface area contributed by atoms with Gasteiger partial charge in [0.05, 0.1) is 12.7 Å². The molecule has 2 saturated heterocycles. The average Bonchev–Trinajstić information content (AvgIpc) is 3.04. The molecule has 2 aromatic rings. The van der Waals surface area contributed by atoms with Crippen molar-refractivity contribution in [3.05, 3.63) is 66.2 Å². The number of aliphatic hydroxyl groups excluding tert-OH is 1. The van der Waals surface area contributed by atoms with Gasteiger partial charge in [-0.3, -0.25) is 0 Å². The van der Waals surface area contributed by atoms with Crippen LogP contribution in [0.4, 0.5) is 0 Å². The highest BCUT2D eigenvalue weighted by Gasteiger charge is 2.55. The zero-order chi connectivity index (χ0) is 19.6. The predicted molar refractivity (Wildman–Crippen MR) is 107 cm³/mol. The van der Waals surface area contributed by atoms with E-state index in [0.29, 0.717) is 12.4 Å². The van der Waals surface area contributed by atoms with E-state index in [1.165, 1.54) is 0 Å². The first-order valence-electron chi connectivity index (χ1n) is 9.54. The second-order valence-electron chi connectivity index (χ2n) is 7.52. The summed E-state index contributed by atoms with van der Waals surface area (Å²) in [7, 11) is 0. The van der Waals surface area contributed by atoms with Gasteiger partial charge in [-0.05, 0) is 31.5 Å². The fourth-order valence-electron chi connectivity index (χ4n) is 3.57. The Kier molecular flexibility index (Phi) is 6.06. The van der Waals surface area contributed by atoms with Gasteiger partial charge in [0, 0.05) is 10.6 Å². The zero-order valence-corrected chi connectivity index (χ0v) is 16.9. The van der Waals surface area contributed by atoms with E-state index in [0.717, 1.165) is 10.5 Å². The summed E-state index contributed by atoms with van der Waals surface area (Å²) in [5, 5.41) is 10.8. The first-order chi connectivity index (χ1) is 13.5. The highest BCUT2D eigenvalue weighted by molar-refractivity contribution is 7.99. The van der Waals surface area contributed by atoms with Crippen molar-refractivity contribution in [1.29, 1.82) is 0 Å². The Bertz CT molecular complexity index is 754. The van der Waals surface area contributed by atoms with Gasteiger partial charge in [-0.1, -0.05) is 48.5 Å². The van der Waals surface area contributed by atoms with Crippen LogP contribution < -0.4 is 0 Å². The van der Waals surface area contributed by atoms with E-state index in [1.54, 1.807) is 11.8 Å². The molecule has 0 unspecified atom stereocenters. The predicted octanol–water partition coefficient (Wildman–Crippen LogP) is 3.60. The zero-order valence-electron chi connectivity index (χ0n) is 16.1. The van der Waals surface area contributed by atoms with Crippen LogP contribution in [-0.2, 0) is 25.6 Å². The minimum absolute atomic E-state index is 0.249. The maximum atomic E-state index is 10.8. The molecule has 5 atom stereocenters. The highest BCUT2D eigenvalue weighted by atomic mass is 32.2. The number of hydrogen-bond acceptors (Lipinski definition) is 6. The van der Waals surface area contributed by atoms with Crippen LogP contribution in [0.1, 0.15) is 19.4 Å². The Balaban J connectivity index is 1.45. The van der Waals surface area contributed by atoms with E-state index in [2.05, 4.69) is 12.1 Å². The second-order valence-corrected chi connectivity index (χ2v) is 8.61. The van der Waals surface area contributed by atoms with Crippen molar-refractivity contribution in [3.63, 3.8) is 0 Å². The topological polar surface area (TPSA) is 57.2 Å². The van der Waals surface area contributed by atoms with Gasteiger partial charge in [-0.15, -0.1) is 11.8 Å². The summed E-state index contributed by atoms with van der Waals surface area (Å²) < 4.78 is 24.1. The smallest absolute Gasteiger partial charge is 0.186 e. The van der Waals surface area contributed by atoms with Crippen LogP contribution in [0.25, 0.3) is 0 Å². The van der Waals surface area contributed by atoms with E-state index in [-0.39, 0.29) is 12.2 Å². The van der Waals surface area contributed by atoms with Crippen LogP contribution in [0.15, 0.2) is 65.6 Å². The molecule has 0 spiro atoms. The Hall–Kier alpha value is -1.41. The van der Waals surface area contributed by atoms with E-state index in [9.17, 15) is 5.11 Å². The van der Waals surface area contributed by atoms with Crippen LogP contribution in [0.3, 0.4) is 0 Å². The van der Waals surface area contributed by atoms with Crippen molar-refractivity contribution in [3.8, 4) is 0 Å². The van der Waals surface area contributed by atoms with Gasteiger partial charge < -0.3 is 24.1 Å². The van der Waals surface area contributed by atoms with Gasteiger partial charge >= 0.3 is 0 Å². The largest absolute Gasteiger partial charge is 0.385 e. The lowest BCUT2D eigenvalue weighted by Crippen LogP contribution is -2.57. The molecule has 2 fully saturated rings. The molecule has 1 N–H and O–H groups in total. The third-order valence-corrected chi connectivity index (χ3v) is 5.97. The van der Waals surface area contributed by atoms with Crippen LogP contribution in [-0.4, -0.2) is 47.4 Å². The number of hydrogen-bond donors (Lipinski definition) is 1. The van der Waals surface area contributed by atoms with Crippen molar-refractivity contribution < 1.29 is 24.1 Å². The molecule has 0 bridgehead atoms. The number of ether oxygens (including phenoxy) is 4. The number of fused-ring (bicyclic) bond motifs is 1. The second kappa shape index (κ2) is 8.53. The summed E-state index contributed by atoms with van der Waals surface area (Å²) in [6, 6.07) is 20.0. The normalized spacial score (nSPS) is 31.5. The molecular weight excluding hydrogens is 376 g/mol. The molecule has 2 aliphatic rings. The third-order valence-electron chi connectivity index (χ3n) is 4.87. The van der Waals surface area contributed by atoms with E-state index in [1.807, 2.05) is 62.4 Å². The van der Waals surface area contributed by atoms with Crippen molar-refractivity contribution in [2.45, 2.75) is 61.8 Å². The summed E-state index contributed by atoms with van der Waals surface area (Å²) >= 11 is 1.70. The Morgan fingerprint density at radius 2 is 1.61 bits per heavy atom. The highest BCUT2D eigenvalue weighted by Crippen LogP contribution is 2.39. The van der Waals surface area contributed by atoms with Crippen LogP contribution in [0.2, 0.25) is 0 Å². The number of rotatable bonds is 6. The third kappa shape index (κ3) is 4.59. The van der Waals surface area contributed by atoms with E-state index in [4.69, 9.17) is 18.9 Å². The summed E-state index contributed by atoms with van der Waals surface area (Å²) in [5.41, 5.74) is 1.03. The number of thioether (sulfide) groups is 1. The summed E-state index contributed by atoms with van der Waals surface area (Å²) in [6.07, 6.45) is -2.74. The van der Waals surface area contributed by atoms with E-state index >= 15 is 0 Å². The SMILES string of the molecule is CC1(C)O[C@@H]2[C@@H](O)[C@@H](OCc3ccccc3)O[C@H](CSc3ccccc3)[C@@H]2O1. The molecule has 0 radical (unpaired) electrons. The molecule has 0 amide bonds. The molecule has 0 aliphatic carbocycles. The number of aliphatic hydroxyl groups is 1. The van der Waals surface area contributed by atoms with Crippen molar-refractivity contribution in [2.75, 3.05) is 5.75 Å². The fraction of sp³-hybridized carbons (Fsp3) is 0.455. The minimum atomic E-state index is -0.909. The molecule has 0 aromatic heterocycles. The molecule has 2 aromatic carbocycles. The Morgan fingerprint density at radius 3 is 2.32 bits per heavy atom. The first-order valence-corrected chi connectivity index (χ1v) is 10.5. The molecule has 0 saturated carbocycles. The lowest BCUT2D eigenvalue weighted by molar-refractivity contribution is -0.276. The lowest BCUT2D eigenvalue weighted by atomic mass is 10.00. The van der Waals surface area contributed by atoms with Gasteiger partial charge in [-0.25, -0.2) is 0 Å². The summed E-state index contributed by atoms with van der Waals surface area (Å²) in [5.74, 6) is -0.0772. The fourth-order valence-corrected chi connectivity index (χ4v) is 4.55. The van der Waals surface area contributed by atoms with Crippen molar-refractivity contribution >= 4 is 11.8 Å². The summed E-state index contributed by atoms with van der Waals surface area (Å²) in [6.45, 7) is 4.08. The molecule has 28 heavy (non-hydrogen) atoms. The van der Waals surface area contributed by atoms with E-state index < -0.39 is 24.3 Å². The molecular formula is C22H26O5S. The first kappa shape index (κ1) is 19.9. The van der Waals surface area contributed by atoms with Crippen LogP contribution in [0, 0.1) is 0 Å². The van der Waals surface area contributed by atoms with Gasteiger partial charge in [0.1, 0.15) is 18.3 Å². The maximum absolute atomic E-state index is 10.8. The maximum Gasteiger partial charge on any atom is 0.186 e. The molecule has 2 heterocycles. The molecule has 5 nitrogen and oxygen atoms in total. The van der Waals surface area contributed by atoms with Crippen molar-refractivity contribution in [2.24, 2.45) is 0 Å². The molecule has 4 rings (SSSR count). The van der Waals surface area contributed by atoms with Crippen LogP contribution >= 0.6 is 11.8 Å². The average molecular weight is 403 g/mol. The van der Waals surface area contributed by atoms with Gasteiger partial charge in [0.25, 0.3) is 0 Å². The summed E-state index contributed by atoms with van der Waals surface area (Å²) in [4.78, 5) is 1.16. The van der Waals surface area contributed by atoms with Crippen molar-refractivity contribution in [1.82, 2.24) is 0 Å².